The summed E-state index contributed by atoms with van der Waals surface area (Å²) in [4.78, 5) is 14.2. The largest absolute Gasteiger partial charge is 0.495 e. The summed E-state index contributed by atoms with van der Waals surface area (Å²) < 4.78 is 7.30. The molecule has 1 aromatic heterocycles. The lowest BCUT2D eigenvalue weighted by Crippen LogP contribution is -1.95. The van der Waals surface area contributed by atoms with Gasteiger partial charge in [-0.25, -0.2) is 4.98 Å². The first-order valence-electron chi connectivity index (χ1n) is 5.89. The molecule has 2 rings (SSSR count). The molecule has 0 aliphatic carbocycles. The normalized spacial score (nSPS) is 10.8. The summed E-state index contributed by atoms with van der Waals surface area (Å²) in [5.41, 5.74) is 2.83. The van der Waals surface area contributed by atoms with Gasteiger partial charge in [-0.3, -0.25) is 0 Å². The van der Waals surface area contributed by atoms with Crippen molar-refractivity contribution in [3.63, 3.8) is 0 Å². The second-order valence-corrected chi connectivity index (χ2v) is 4.07. The lowest BCUT2D eigenvalue weighted by Gasteiger charge is -2.09. The van der Waals surface area contributed by atoms with Gasteiger partial charge in [-0.05, 0) is 24.6 Å². The summed E-state index contributed by atoms with van der Waals surface area (Å²) in [7, 11) is 1.63. The number of hydrogen-bond donors (Lipinski definition) is 0. The Labute approximate surface area is 111 Å². The number of hydrogen-bond acceptors (Lipinski definition) is 4. The van der Waals surface area contributed by atoms with Crippen molar-refractivity contribution in [2.24, 2.45) is 5.18 Å². The molecule has 0 saturated carbocycles. The number of methoxy groups -OCH3 is 1. The molecular formula is C14H15N3O2. The zero-order valence-corrected chi connectivity index (χ0v) is 10.9. The van der Waals surface area contributed by atoms with Gasteiger partial charge in [-0.15, -0.1) is 0 Å². The Kier molecular flexibility index (Phi) is 4.07. The Balaban J connectivity index is 2.33. The van der Waals surface area contributed by atoms with E-state index in [9.17, 15) is 4.91 Å². The molecule has 5 heteroatoms. The van der Waals surface area contributed by atoms with Gasteiger partial charge in [0.15, 0.2) is 0 Å². The van der Waals surface area contributed by atoms with E-state index >= 15 is 0 Å². The van der Waals surface area contributed by atoms with E-state index in [0.717, 1.165) is 22.7 Å². The van der Waals surface area contributed by atoms with Crippen LogP contribution in [0.1, 0.15) is 11.3 Å². The topological polar surface area (TPSA) is 56.5 Å². The van der Waals surface area contributed by atoms with Gasteiger partial charge in [-0.1, -0.05) is 23.4 Å². The van der Waals surface area contributed by atoms with Crippen molar-refractivity contribution in [3.8, 4) is 11.4 Å². The minimum Gasteiger partial charge on any atom is -0.495 e. The fourth-order valence-corrected chi connectivity index (χ4v) is 1.80. The third-order valence-corrected chi connectivity index (χ3v) is 2.68. The van der Waals surface area contributed by atoms with Crippen LogP contribution in [0.2, 0.25) is 0 Å². The third kappa shape index (κ3) is 3.07. The van der Waals surface area contributed by atoms with E-state index in [1.165, 1.54) is 0 Å². The number of aryl methyl sites for hydroxylation is 1. The van der Waals surface area contributed by atoms with Crippen molar-refractivity contribution in [2.45, 2.75) is 6.92 Å². The maximum Gasteiger partial charge on any atom is 0.143 e. The van der Waals surface area contributed by atoms with Crippen molar-refractivity contribution < 1.29 is 4.74 Å². The number of imidazole rings is 1. The summed E-state index contributed by atoms with van der Waals surface area (Å²) in [6.07, 6.45) is 7.23. The molecule has 0 radical (unpaired) electrons. The molecule has 0 saturated heterocycles. The molecule has 0 amide bonds. The van der Waals surface area contributed by atoms with Crippen molar-refractivity contribution in [3.05, 3.63) is 53.0 Å². The highest BCUT2D eigenvalue weighted by Gasteiger charge is 2.06. The Hall–Kier alpha value is -2.43. The lowest BCUT2D eigenvalue weighted by atomic mass is 10.1. The van der Waals surface area contributed by atoms with Gasteiger partial charge >= 0.3 is 0 Å². The monoisotopic (exact) mass is 257 g/mol. The van der Waals surface area contributed by atoms with Crippen LogP contribution in [0.5, 0.6) is 5.75 Å². The molecule has 19 heavy (non-hydrogen) atoms. The van der Waals surface area contributed by atoms with Gasteiger partial charge in [0.1, 0.15) is 5.75 Å². The number of nitroso groups, excluding NO2 is 1. The van der Waals surface area contributed by atoms with Crippen LogP contribution in [0.25, 0.3) is 11.8 Å². The summed E-state index contributed by atoms with van der Waals surface area (Å²) in [6, 6.07) is 5.81. The first-order chi connectivity index (χ1) is 9.24. The summed E-state index contributed by atoms with van der Waals surface area (Å²) in [6.45, 7) is 2.11. The van der Waals surface area contributed by atoms with Crippen molar-refractivity contribution in [1.82, 2.24) is 9.55 Å². The molecule has 0 spiro atoms. The second-order valence-electron chi connectivity index (χ2n) is 4.07. The average molecular weight is 257 g/mol. The molecule has 0 fully saturated rings. The zero-order valence-electron chi connectivity index (χ0n) is 10.9. The Bertz CT molecular complexity index is 602. The smallest absolute Gasteiger partial charge is 0.143 e. The number of aromatic nitrogens is 2. The molecule has 1 heterocycles. The quantitative estimate of drug-likeness (QED) is 0.774. The highest BCUT2D eigenvalue weighted by atomic mass is 16.5. The van der Waals surface area contributed by atoms with Crippen LogP contribution >= 0.6 is 0 Å². The van der Waals surface area contributed by atoms with Gasteiger partial charge in [0.2, 0.25) is 0 Å². The van der Waals surface area contributed by atoms with E-state index in [1.807, 2.05) is 42.0 Å². The maximum absolute atomic E-state index is 10.0. The molecule has 0 N–H and O–H groups in total. The highest BCUT2D eigenvalue weighted by molar-refractivity contribution is 5.58. The number of ether oxygens (including phenoxy) is 1. The lowest BCUT2D eigenvalue weighted by molar-refractivity contribution is 0.413. The van der Waals surface area contributed by atoms with E-state index in [4.69, 9.17) is 4.74 Å². The van der Waals surface area contributed by atoms with Crippen LogP contribution in [0.4, 0.5) is 0 Å². The summed E-state index contributed by atoms with van der Waals surface area (Å²) in [5, 5.41) is 2.78. The van der Waals surface area contributed by atoms with Crippen LogP contribution < -0.4 is 4.74 Å². The molecule has 98 valence electrons. The first-order valence-corrected chi connectivity index (χ1v) is 5.89. The van der Waals surface area contributed by atoms with Gasteiger partial charge in [0, 0.05) is 6.20 Å². The molecule has 0 aliphatic heterocycles. The van der Waals surface area contributed by atoms with E-state index in [-0.39, 0.29) is 6.54 Å². The second kappa shape index (κ2) is 5.95. The molecule has 0 atom stereocenters. The van der Waals surface area contributed by atoms with Crippen LogP contribution in [0.3, 0.4) is 0 Å². The van der Waals surface area contributed by atoms with Gasteiger partial charge in [-0.2, -0.15) is 4.91 Å². The molecule has 0 unspecified atom stereocenters. The van der Waals surface area contributed by atoms with Crippen molar-refractivity contribution >= 4 is 6.08 Å². The van der Waals surface area contributed by atoms with E-state index in [1.54, 1.807) is 19.5 Å². The molecular weight excluding hydrogens is 242 g/mol. The molecule has 5 nitrogen and oxygen atoms in total. The molecule has 0 aliphatic rings. The van der Waals surface area contributed by atoms with E-state index in [2.05, 4.69) is 10.2 Å². The number of rotatable bonds is 5. The van der Waals surface area contributed by atoms with E-state index in [0.29, 0.717) is 0 Å². The van der Waals surface area contributed by atoms with E-state index < -0.39 is 0 Å². The standard InChI is InChI=1S/C14H15N3O2/c1-11-9-17(10-15-11)13-6-5-12(4-3-7-16-18)8-14(13)19-2/h3-6,8-10H,7H2,1-2H3/b4-3+. The minimum atomic E-state index is 0.171. The number of benzene rings is 1. The fourth-order valence-electron chi connectivity index (χ4n) is 1.80. The molecule has 2 aromatic rings. The van der Waals surface area contributed by atoms with Gasteiger partial charge in [0.25, 0.3) is 0 Å². The SMILES string of the molecule is COc1cc(/C=C/CN=O)ccc1-n1cnc(C)c1. The molecule has 1 aromatic carbocycles. The fraction of sp³-hybridized carbons (Fsp3) is 0.214. The Morgan fingerprint density at radius 2 is 2.32 bits per heavy atom. The third-order valence-electron chi connectivity index (χ3n) is 2.68. The molecule has 0 bridgehead atoms. The summed E-state index contributed by atoms with van der Waals surface area (Å²) >= 11 is 0. The highest BCUT2D eigenvalue weighted by Crippen LogP contribution is 2.25. The maximum atomic E-state index is 10.0. The predicted octanol–water partition coefficient (Wildman–Crippen LogP) is 2.97. The van der Waals surface area contributed by atoms with Gasteiger partial charge < -0.3 is 9.30 Å². The first kappa shape index (κ1) is 13.0. The van der Waals surface area contributed by atoms with Crippen LogP contribution in [0.15, 0.2) is 42.0 Å². The minimum absolute atomic E-state index is 0.171. The predicted molar refractivity (Wildman–Crippen MR) is 74.5 cm³/mol. The van der Waals surface area contributed by atoms with Crippen LogP contribution in [0, 0.1) is 11.8 Å². The van der Waals surface area contributed by atoms with Crippen LogP contribution in [-0.4, -0.2) is 23.2 Å². The number of nitrogens with zero attached hydrogens (tertiary/aromatic N) is 3. The Morgan fingerprint density at radius 1 is 1.47 bits per heavy atom. The van der Waals surface area contributed by atoms with Crippen molar-refractivity contribution in [1.29, 1.82) is 0 Å². The summed E-state index contributed by atoms with van der Waals surface area (Å²) in [5.74, 6) is 0.749. The Morgan fingerprint density at radius 3 is 2.95 bits per heavy atom. The van der Waals surface area contributed by atoms with Gasteiger partial charge in [0.05, 0.1) is 31.4 Å². The van der Waals surface area contributed by atoms with Crippen molar-refractivity contribution in [2.75, 3.05) is 13.7 Å². The average Bonchev–Trinajstić information content (AvgIpc) is 2.85. The zero-order chi connectivity index (χ0) is 13.7. The van der Waals surface area contributed by atoms with Crippen LogP contribution in [-0.2, 0) is 0 Å².